The number of hydrogen-bond donors (Lipinski definition) is 1. The van der Waals surface area contributed by atoms with Crippen LogP contribution in [0, 0.1) is 0 Å². The van der Waals surface area contributed by atoms with E-state index in [1.165, 1.54) is 25.3 Å². The molecule has 0 aliphatic carbocycles. The molecule has 1 fully saturated rings. The number of ether oxygens (including phenoxy) is 2. The molecule has 0 saturated carbocycles. The number of anilines is 1. The number of nitrogens with zero attached hydrogens (tertiary/aromatic N) is 3. The predicted molar refractivity (Wildman–Crippen MR) is 163 cm³/mol. The standard InChI is InChI=1S/C33H40N4O5/c1-41-31(38)28-15-9-16-29(25-28)34-32(39)36(19-10-18-35-21-23-37(24-22-35)33(40)42-2)20-17-30(26-11-5-3-6-12-26)27-13-7-4-8-14-27/h3-9,11-16,25,30H,10,17-24H2,1-2H3,(H,34,39). The smallest absolute Gasteiger partial charge is 0.409 e. The van der Waals surface area contributed by atoms with E-state index in [2.05, 4.69) is 34.5 Å². The minimum absolute atomic E-state index is 0.136. The highest BCUT2D eigenvalue weighted by molar-refractivity contribution is 5.93. The van der Waals surface area contributed by atoms with Crippen LogP contribution in [0.5, 0.6) is 0 Å². The fourth-order valence-corrected chi connectivity index (χ4v) is 5.31. The number of benzene rings is 3. The quantitative estimate of drug-likeness (QED) is 0.314. The highest BCUT2D eigenvalue weighted by Gasteiger charge is 2.23. The number of piperazine rings is 1. The number of amides is 3. The molecule has 1 aliphatic rings. The van der Waals surface area contributed by atoms with Crippen LogP contribution in [0.4, 0.5) is 15.3 Å². The van der Waals surface area contributed by atoms with Crippen molar-refractivity contribution in [2.45, 2.75) is 18.8 Å². The molecule has 42 heavy (non-hydrogen) atoms. The molecule has 4 rings (SSSR count). The number of carbonyl (C=O) groups excluding carboxylic acids is 3. The average molecular weight is 573 g/mol. The molecular weight excluding hydrogens is 532 g/mol. The number of nitrogens with one attached hydrogen (secondary N) is 1. The Morgan fingerprint density at radius 3 is 2.05 bits per heavy atom. The maximum absolute atomic E-state index is 13.6. The lowest BCUT2D eigenvalue weighted by Crippen LogP contribution is -2.49. The first-order valence-electron chi connectivity index (χ1n) is 14.4. The monoisotopic (exact) mass is 572 g/mol. The lowest BCUT2D eigenvalue weighted by molar-refractivity contribution is 0.0600. The summed E-state index contributed by atoms with van der Waals surface area (Å²) in [7, 11) is 2.74. The van der Waals surface area contributed by atoms with Crippen LogP contribution >= 0.6 is 0 Å². The third-order valence-corrected chi connectivity index (χ3v) is 7.62. The van der Waals surface area contributed by atoms with Crippen molar-refractivity contribution in [3.63, 3.8) is 0 Å². The van der Waals surface area contributed by atoms with E-state index in [9.17, 15) is 14.4 Å². The molecule has 0 radical (unpaired) electrons. The predicted octanol–water partition coefficient (Wildman–Crippen LogP) is 5.30. The van der Waals surface area contributed by atoms with Gasteiger partial charge in [0.25, 0.3) is 0 Å². The maximum atomic E-state index is 13.6. The van der Waals surface area contributed by atoms with Gasteiger partial charge in [-0.3, -0.25) is 4.90 Å². The second-order valence-electron chi connectivity index (χ2n) is 10.3. The van der Waals surface area contributed by atoms with Gasteiger partial charge in [0.05, 0.1) is 19.8 Å². The largest absolute Gasteiger partial charge is 0.465 e. The van der Waals surface area contributed by atoms with Crippen molar-refractivity contribution in [2.24, 2.45) is 0 Å². The summed E-state index contributed by atoms with van der Waals surface area (Å²) in [5, 5.41) is 2.99. The van der Waals surface area contributed by atoms with Gasteiger partial charge in [-0.15, -0.1) is 0 Å². The molecule has 0 aromatic heterocycles. The minimum atomic E-state index is -0.455. The molecule has 9 nitrogen and oxygen atoms in total. The number of hydrogen-bond acceptors (Lipinski definition) is 6. The SMILES string of the molecule is COC(=O)c1cccc(NC(=O)N(CCCN2CCN(C(=O)OC)CC2)CCC(c2ccccc2)c2ccccc2)c1. The number of esters is 1. The van der Waals surface area contributed by atoms with Gasteiger partial charge in [0.2, 0.25) is 0 Å². The summed E-state index contributed by atoms with van der Waals surface area (Å²) in [6.45, 7) is 4.73. The van der Waals surface area contributed by atoms with Crippen molar-refractivity contribution < 1.29 is 23.9 Å². The number of rotatable bonds is 11. The normalized spacial score (nSPS) is 13.5. The fourth-order valence-electron chi connectivity index (χ4n) is 5.31. The summed E-state index contributed by atoms with van der Waals surface area (Å²) in [4.78, 5) is 43.3. The van der Waals surface area contributed by atoms with Crippen molar-refractivity contribution in [1.29, 1.82) is 0 Å². The second-order valence-corrected chi connectivity index (χ2v) is 10.3. The van der Waals surface area contributed by atoms with Crippen molar-refractivity contribution in [1.82, 2.24) is 14.7 Å². The van der Waals surface area contributed by atoms with Crippen LogP contribution in [0.1, 0.15) is 40.2 Å². The van der Waals surface area contributed by atoms with E-state index in [1.54, 1.807) is 29.2 Å². The van der Waals surface area contributed by atoms with E-state index in [1.807, 2.05) is 41.3 Å². The van der Waals surface area contributed by atoms with Crippen LogP contribution in [0.25, 0.3) is 0 Å². The Labute approximate surface area is 248 Å². The van der Waals surface area contributed by atoms with Gasteiger partial charge in [-0.1, -0.05) is 66.7 Å². The first-order valence-corrected chi connectivity index (χ1v) is 14.4. The molecule has 3 aromatic rings. The van der Waals surface area contributed by atoms with Crippen molar-refractivity contribution in [2.75, 3.05) is 65.3 Å². The van der Waals surface area contributed by atoms with Crippen LogP contribution in [0.2, 0.25) is 0 Å². The molecule has 1 N–H and O–H groups in total. The number of methoxy groups -OCH3 is 2. The molecule has 0 bridgehead atoms. The topological polar surface area (TPSA) is 91.4 Å². The van der Waals surface area contributed by atoms with Crippen LogP contribution in [0.3, 0.4) is 0 Å². The molecule has 0 spiro atoms. The van der Waals surface area contributed by atoms with E-state index in [0.717, 1.165) is 32.5 Å². The molecule has 1 heterocycles. The van der Waals surface area contributed by atoms with Gasteiger partial charge >= 0.3 is 18.1 Å². The fraction of sp³-hybridized carbons (Fsp3) is 0.364. The Morgan fingerprint density at radius 1 is 0.810 bits per heavy atom. The first-order chi connectivity index (χ1) is 20.5. The third kappa shape index (κ3) is 8.57. The summed E-state index contributed by atoms with van der Waals surface area (Å²) >= 11 is 0. The highest BCUT2D eigenvalue weighted by atomic mass is 16.5. The molecule has 1 saturated heterocycles. The molecule has 0 atom stereocenters. The zero-order valence-electron chi connectivity index (χ0n) is 24.4. The molecule has 3 aromatic carbocycles. The van der Waals surface area contributed by atoms with Gasteiger partial charge in [-0.25, -0.2) is 14.4 Å². The van der Waals surface area contributed by atoms with Gasteiger partial charge in [0.15, 0.2) is 0 Å². The van der Waals surface area contributed by atoms with Gasteiger partial charge in [0, 0.05) is 50.9 Å². The number of urea groups is 1. The lowest BCUT2D eigenvalue weighted by Gasteiger charge is -2.34. The Hall–Kier alpha value is -4.37. The Bertz CT molecular complexity index is 1260. The Kier molecular flexibility index (Phi) is 11.3. The van der Waals surface area contributed by atoms with Crippen molar-refractivity contribution in [3.05, 3.63) is 102 Å². The second kappa shape index (κ2) is 15.6. The van der Waals surface area contributed by atoms with Crippen LogP contribution in [-0.2, 0) is 9.47 Å². The first kappa shape index (κ1) is 30.6. The molecule has 222 valence electrons. The van der Waals surface area contributed by atoms with Gasteiger partial charge < -0.3 is 24.6 Å². The zero-order chi connectivity index (χ0) is 29.7. The summed E-state index contributed by atoms with van der Waals surface area (Å²) in [5.74, 6) is -0.319. The molecule has 9 heteroatoms. The van der Waals surface area contributed by atoms with Crippen molar-refractivity contribution in [3.8, 4) is 0 Å². The number of carbonyl (C=O) groups is 3. The molecular formula is C33H40N4O5. The summed E-state index contributed by atoms with van der Waals surface area (Å²) in [6.07, 6.45) is 1.25. The van der Waals surface area contributed by atoms with E-state index >= 15 is 0 Å². The average Bonchev–Trinajstić information content (AvgIpc) is 3.04. The Balaban J connectivity index is 1.44. The zero-order valence-corrected chi connectivity index (χ0v) is 24.4. The van der Waals surface area contributed by atoms with E-state index in [4.69, 9.17) is 9.47 Å². The molecule has 3 amide bonds. The maximum Gasteiger partial charge on any atom is 0.409 e. The van der Waals surface area contributed by atoms with E-state index in [0.29, 0.717) is 37.4 Å². The highest BCUT2D eigenvalue weighted by Crippen LogP contribution is 2.28. The van der Waals surface area contributed by atoms with Crippen LogP contribution in [-0.4, -0.2) is 92.8 Å². The van der Waals surface area contributed by atoms with Gasteiger partial charge in [-0.05, 0) is 48.7 Å². The third-order valence-electron chi connectivity index (χ3n) is 7.62. The Morgan fingerprint density at radius 2 is 1.45 bits per heavy atom. The van der Waals surface area contributed by atoms with E-state index in [-0.39, 0.29) is 18.0 Å². The van der Waals surface area contributed by atoms with Gasteiger partial charge in [0.1, 0.15) is 0 Å². The van der Waals surface area contributed by atoms with Crippen LogP contribution < -0.4 is 5.32 Å². The summed E-state index contributed by atoms with van der Waals surface area (Å²) in [5.41, 5.74) is 3.33. The summed E-state index contributed by atoms with van der Waals surface area (Å²) < 4.78 is 9.68. The lowest BCUT2D eigenvalue weighted by atomic mass is 9.88. The molecule has 1 aliphatic heterocycles. The van der Waals surface area contributed by atoms with E-state index < -0.39 is 5.97 Å². The minimum Gasteiger partial charge on any atom is -0.465 e. The summed E-state index contributed by atoms with van der Waals surface area (Å²) in [6, 6.07) is 27.3. The van der Waals surface area contributed by atoms with Crippen LogP contribution in [0.15, 0.2) is 84.9 Å². The van der Waals surface area contributed by atoms with Crippen molar-refractivity contribution >= 4 is 23.8 Å². The molecule has 0 unspecified atom stereocenters. The van der Waals surface area contributed by atoms with Gasteiger partial charge in [-0.2, -0.15) is 0 Å².